The molecule has 36 heavy (non-hydrogen) atoms. The molecule has 182 valence electrons. The van der Waals surface area contributed by atoms with E-state index in [0.717, 1.165) is 23.4 Å². The first-order valence-corrected chi connectivity index (χ1v) is 11.3. The molecule has 0 atom stereocenters. The predicted molar refractivity (Wildman–Crippen MR) is 130 cm³/mol. The first-order valence-electron chi connectivity index (χ1n) is 11.3. The van der Waals surface area contributed by atoms with Crippen molar-refractivity contribution in [1.29, 1.82) is 0 Å². The van der Waals surface area contributed by atoms with E-state index in [1.807, 2.05) is 6.07 Å². The molecule has 0 bridgehead atoms. The molecule has 0 spiro atoms. The number of carbonyl (C=O) groups is 2. The van der Waals surface area contributed by atoms with Crippen molar-refractivity contribution in [3.63, 3.8) is 0 Å². The van der Waals surface area contributed by atoms with Crippen molar-refractivity contribution in [2.75, 3.05) is 16.8 Å². The van der Waals surface area contributed by atoms with Crippen LogP contribution >= 0.6 is 0 Å². The lowest BCUT2D eigenvalue weighted by Crippen LogP contribution is -2.32. The molecule has 0 unspecified atom stereocenters. The van der Waals surface area contributed by atoms with Crippen LogP contribution < -0.4 is 10.2 Å². The van der Waals surface area contributed by atoms with Gasteiger partial charge in [-0.3, -0.25) is 14.3 Å². The number of carbonyl (C=O) groups excluding carboxylic acids is 2. The lowest BCUT2D eigenvalue weighted by molar-refractivity contribution is -0.137. The van der Waals surface area contributed by atoms with Crippen LogP contribution in [0.5, 0.6) is 0 Å². The second kappa shape index (κ2) is 9.33. The van der Waals surface area contributed by atoms with Gasteiger partial charge in [-0.15, -0.1) is 0 Å². The van der Waals surface area contributed by atoms with Gasteiger partial charge in [0.15, 0.2) is 0 Å². The van der Waals surface area contributed by atoms with Gasteiger partial charge in [-0.25, -0.2) is 0 Å². The lowest BCUT2D eigenvalue weighted by Gasteiger charge is -2.18. The number of hydrogen-bond acceptors (Lipinski definition) is 3. The molecule has 1 aliphatic rings. The summed E-state index contributed by atoms with van der Waals surface area (Å²) in [6.07, 6.45) is -0.416. The Morgan fingerprint density at radius 2 is 1.75 bits per heavy atom. The van der Waals surface area contributed by atoms with Crippen molar-refractivity contribution in [3.8, 4) is 11.1 Å². The third kappa shape index (κ3) is 4.72. The van der Waals surface area contributed by atoms with E-state index in [0.29, 0.717) is 35.3 Å². The zero-order valence-corrected chi connectivity index (χ0v) is 19.0. The molecule has 1 N–H and O–H groups in total. The summed E-state index contributed by atoms with van der Waals surface area (Å²) in [7, 11) is 0. The number of benzene rings is 3. The van der Waals surface area contributed by atoms with Gasteiger partial charge in [-0.2, -0.15) is 18.3 Å². The van der Waals surface area contributed by atoms with Gasteiger partial charge in [0, 0.05) is 35.9 Å². The second-order valence-electron chi connectivity index (χ2n) is 8.42. The van der Waals surface area contributed by atoms with E-state index in [1.165, 1.54) is 12.1 Å². The molecular formula is C27H21F3N4O2. The van der Waals surface area contributed by atoms with Gasteiger partial charge < -0.3 is 10.2 Å². The third-order valence-corrected chi connectivity index (χ3v) is 6.09. The van der Waals surface area contributed by atoms with Crippen molar-refractivity contribution >= 4 is 23.2 Å². The van der Waals surface area contributed by atoms with E-state index in [2.05, 4.69) is 10.4 Å². The van der Waals surface area contributed by atoms with Crippen LogP contribution in [0.2, 0.25) is 0 Å². The second-order valence-corrected chi connectivity index (χ2v) is 8.42. The molecule has 3 aromatic carbocycles. The zero-order chi connectivity index (χ0) is 25.3. The largest absolute Gasteiger partial charge is 0.416 e. The number of alkyl halides is 3. The summed E-state index contributed by atoms with van der Waals surface area (Å²) in [5.41, 5.74) is 2.95. The highest BCUT2D eigenvalue weighted by molar-refractivity contribution is 6.09. The molecule has 9 heteroatoms. The van der Waals surface area contributed by atoms with E-state index in [-0.39, 0.29) is 18.4 Å². The van der Waals surface area contributed by atoms with Gasteiger partial charge in [-0.05, 0) is 65.6 Å². The van der Waals surface area contributed by atoms with E-state index in [4.69, 9.17) is 0 Å². The van der Waals surface area contributed by atoms with Crippen LogP contribution in [0.25, 0.3) is 11.1 Å². The van der Waals surface area contributed by atoms with Crippen molar-refractivity contribution in [2.24, 2.45) is 0 Å². The number of nitrogens with one attached hydrogen (secondary N) is 1. The van der Waals surface area contributed by atoms with Crippen LogP contribution in [0.15, 0.2) is 85.2 Å². The van der Waals surface area contributed by atoms with E-state index in [1.54, 1.807) is 64.4 Å². The van der Waals surface area contributed by atoms with Crippen molar-refractivity contribution in [1.82, 2.24) is 9.78 Å². The number of hydrogen-bond donors (Lipinski definition) is 1. The van der Waals surface area contributed by atoms with Gasteiger partial charge in [0.25, 0.3) is 5.91 Å². The quantitative estimate of drug-likeness (QED) is 0.407. The first kappa shape index (κ1) is 23.3. The number of halogens is 3. The maximum atomic E-state index is 13.1. The molecule has 5 rings (SSSR count). The lowest BCUT2D eigenvalue weighted by atomic mass is 9.98. The Kier molecular flexibility index (Phi) is 6.05. The fourth-order valence-electron chi connectivity index (χ4n) is 4.33. The summed E-state index contributed by atoms with van der Waals surface area (Å²) in [5, 5.41) is 6.95. The minimum absolute atomic E-state index is 0.0697. The Hall–Kier alpha value is -4.40. The number of nitrogens with zero attached hydrogens (tertiary/aromatic N) is 3. The Morgan fingerprint density at radius 1 is 0.972 bits per heavy atom. The molecule has 2 heterocycles. The molecule has 0 fully saturated rings. The van der Waals surface area contributed by atoms with Crippen LogP contribution in [0.3, 0.4) is 0 Å². The maximum absolute atomic E-state index is 13.1. The Balaban J connectivity index is 1.33. The number of anilines is 2. The van der Waals surface area contributed by atoms with Gasteiger partial charge in [0.2, 0.25) is 5.91 Å². The number of amides is 2. The van der Waals surface area contributed by atoms with Crippen LogP contribution in [0.4, 0.5) is 24.5 Å². The molecule has 1 aromatic heterocycles. The molecule has 0 radical (unpaired) electrons. The highest BCUT2D eigenvalue weighted by Crippen LogP contribution is 2.33. The molecule has 6 nitrogen and oxygen atoms in total. The SMILES string of the molecule is O=C(Nc1ccc2c(c1)CCN2C(=O)Cn1cccn1)c1ccccc1-c1ccc(C(F)(F)F)cc1. The average molecular weight is 490 g/mol. The summed E-state index contributed by atoms with van der Waals surface area (Å²) >= 11 is 0. The van der Waals surface area contributed by atoms with Gasteiger partial charge in [0.1, 0.15) is 6.54 Å². The van der Waals surface area contributed by atoms with Crippen LogP contribution in [-0.4, -0.2) is 28.1 Å². The Labute approximate surface area is 205 Å². The number of rotatable bonds is 5. The highest BCUT2D eigenvalue weighted by Gasteiger charge is 2.30. The average Bonchev–Trinajstić information content (AvgIpc) is 3.53. The van der Waals surface area contributed by atoms with Crippen molar-refractivity contribution in [3.05, 3.63) is 102 Å². The summed E-state index contributed by atoms with van der Waals surface area (Å²) in [4.78, 5) is 27.5. The number of fused-ring (bicyclic) bond motifs is 1. The predicted octanol–water partition coefficient (Wildman–Crippen LogP) is 5.41. The Bertz CT molecular complexity index is 1410. The zero-order valence-electron chi connectivity index (χ0n) is 19.0. The molecule has 0 saturated heterocycles. The Morgan fingerprint density at radius 3 is 2.47 bits per heavy atom. The van der Waals surface area contributed by atoms with Gasteiger partial charge in [0.05, 0.1) is 5.56 Å². The van der Waals surface area contributed by atoms with Crippen molar-refractivity contribution in [2.45, 2.75) is 19.1 Å². The van der Waals surface area contributed by atoms with Crippen molar-refractivity contribution < 1.29 is 22.8 Å². The van der Waals surface area contributed by atoms with Crippen LogP contribution in [-0.2, 0) is 23.9 Å². The molecule has 0 saturated carbocycles. The van der Waals surface area contributed by atoms with Crippen LogP contribution in [0, 0.1) is 0 Å². The maximum Gasteiger partial charge on any atom is 0.416 e. The van der Waals surface area contributed by atoms with Gasteiger partial charge >= 0.3 is 6.18 Å². The summed E-state index contributed by atoms with van der Waals surface area (Å²) in [6, 6.07) is 18.6. The highest BCUT2D eigenvalue weighted by atomic mass is 19.4. The van der Waals surface area contributed by atoms with Gasteiger partial charge in [-0.1, -0.05) is 30.3 Å². The van der Waals surface area contributed by atoms with E-state index < -0.39 is 11.7 Å². The first-order chi connectivity index (χ1) is 17.3. The molecule has 0 aliphatic carbocycles. The monoisotopic (exact) mass is 490 g/mol. The smallest absolute Gasteiger partial charge is 0.322 e. The fraction of sp³-hybridized carbons (Fsp3) is 0.148. The molecule has 1 aliphatic heterocycles. The minimum atomic E-state index is -4.43. The normalized spacial score (nSPS) is 12.9. The molecule has 4 aromatic rings. The van der Waals surface area contributed by atoms with E-state index >= 15 is 0 Å². The third-order valence-electron chi connectivity index (χ3n) is 6.09. The summed E-state index contributed by atoms with van der Waals surface area (Å²) in [6.45, 7) is 0.690. The fourth-order valence-corrected chi connectivity index (χ4v) is 4.33. The number of aromatic nitrogens is 2. The molecule has 2 amide bonds. The standard InChI is InChI=1S/C27H21F3N4O2/c28-27(29,30)20-8-6-18(7-9-20)22-4-1-2-5-23(22)26(36)32-21-10-11-24-19(16-21)12-15-34(24)25(35)17-33-14-3-13-31-33/h1-11,13-14,16H,12,15,17H2,(H,32,36). The summed E-state index contributed by atoms with van der Waals surface area (Å²) < 4.78 is 40.4. The molecular weight excluding hydrogens is 469 g/mol. The van der Waals surface area contributed by atoms with E-state index in [9.17, 15) is 22.8 Å². The summed E-state index contributed by atoms with van der Waals surface area (Å²) in [5.74, 6) is -0.449. The minimum Gasteiger partial charge on any atom is -0.322 e. The topological polar surface area (TPSA) is 67.2 Å². The van der Waals surface area contributed by atoms with Crippen LogP contribution in [0.1, 0.15) is 21.5 Å².